The maximum atomic E-state index is 11.9. The van der Waals surface area contributed by atoms with E-state index in [1.807, 2.05) is 0 Å². The summed E-state index contributed by atoms with van der Waals surface area (Å²) in [6.07, 6.45) is 8.43. The van der Waals surface area contributed by atoms with Crippen molar-refractivity contribution in [1.82, 2.24) is 9.97 Å². The maximum Gasteiger partial charge on any atom is 0.353 e. The Hall–Kier alpha value is -2.12. The van der Waals surface area contributed by atoms with Gasteiger partial charge in [0.2, 0.25) is 11.6 Å². The smallest absolute Gasteiger partial charge is 0.353 e. The van der Waals surface area contributed by atoms with E-state index in [1.165, 1.54) is 25.6 Å². The SMILES string of the molecule is O=[N+]([O-])c1c(Nc2ccc(Cl)cc2Cl)ncnc1NC12CC3CC(CC(C3)C1)C2. The number of nitrogens with zero attached hydrogens (tertiary/aromatic N) is 3. The first-order valence-electron chi connectivity index (χ1n) is 9.90. The van der Waals surface area contributed by atoms with E-state index in [1.54, 1.807) is 18.2 Å². The normalized spacial score (nSPS) is 29.7. The summed E-state index contributed by atoms with van der Waals surface area (Å²) in [7, 11) is 0. The number of benzene rings is 1. The molecule has 0 aliphatic heterocycles. The molecule has 4 saturated carbocycles. The number of rotatable bonds is 5. The molecule has 9 heteroatoms. The molecule has 4 aliphatic carbocycles. The van der Waals surface area contributed by atoms with Crippen LogP contribution in [-0.2, 0) is 0 Å². The molecule has 1 aromatic heterocycles. The zero-order valence-electron chi connectivity index (χ0n) is 15.7. The predicted molar refractivity (Wildman–Crippen MR) is 113 cm³/mol. The Balaban J connectivity index is 1.48. The van der Waals surface area contributed by atoms with Gasteiger partial charge in [-0.15, -0.1) is 0 Å². The molecule has 4 bridgehead atoms. The quantitative estimate of drug-likeness (QED) is 0.455. The molecule has 152 valence electrons. The molecule has 4 aliphatic rings. The minimum Gasteiger partial charge on any atom is -0.359 e. The van der Waals surface area contributed by atoms with Crippen LogP contribution in [0.5, 0.6) is 0 Å². The van der Waals surface area contributed by atoms with Crippen LogP contribution in [-0.4, -0.2) is 20.4 Å². The van der Waals surface area contributed by atoms with Crippen LogP contribution >= 0.6 is 23.2 Å². The molecule has 0 radical (unpaired) electrons. The first-order chi connectivity index (χ1) is 13.9. The molecular formula is C20H21Cl2N5O2. The van der Waals surface area contributed by atoms with Crippen molar-refractivity contribution >= 4 is 46.2 Å². The highest BCUT2D eigenvalue weighted by Gasteiger charge is 2.51. The van der Waals surface area contributed by atoms with Crippen LogP contribution < -0.4 is 10.6 Å². The molecule has 4 fully saturated rings. The van der Waals surface area contributed by atoms with Crippen LogP contribution in [0.25, 0.3) is 0 Å². The summed E-state index contributed by atoms with van der Waals surface area (Å²) >= 11 is 12.2. The Labute approximate surface area is 178 Å². The highest BCUT2D eigenvalue weighted by molar-refractivity contribution is 6.36. The van der Waals surface area contributed by atoms with Crippen LogP contribution in [0.2, 0.25) is 10.0 Å². The van der Waals surface area contributed by atoms with E-state index in [0.717, 1.165) is 37.0 Å². The lowest BCUT2D eigenvalue weighted by molar-refractivity contribution is -0.383. The first-order valence-corrected chi connectivity index (χ1v) is 10.7. The lowest BCUT2D eigenvalue weighted by Crippen LogP contribution is -2.55. The molecule has 0 atom stereocenters. The second-order valence-corrected chi connectivity index (χ2v) is 9.59. The topological polar surface area (TPSA) is 93.0 Å². The first kappa shape index (κ1) is 18.9. The monoisotopic (exact) mass is 433 g/mol. The number of aromatic nitrogens is 2. The van der Waals surface area contributed by atoms with E-state index in [9.17, 15) is 10.1 Å². The van der Waals surface area contributed by atoms with Crippen LogP contribution in [0.1, 0.15) is 38.5 Å². The fraction of sp³-hybridized carbons (Fsp3) is 0.500. The molecule has 2 aromatic rings. The van der Waals surface area contributed by atoms with Crippen molar-refractivity contribution in [1.29, 1.82) is 0 Å². The Kier molecular flexibility index (Phi) is 4.55. The average Bonchev–Trinajstić information content (AvgIpc) is 2.62. The summed E-state index contributed by atoms with van der Waals surface area (Å²) in [5.74, 6) is 2.56. The van der Waals surface area contributed by atoms with Gasteiger partial charge < -0.3 is 10.6 Å². The number of nitro groups is 1. The second-order valence-electron chi connectivity index (χ2n) is 8.75. The van der Waals surface area contributed by atoms with Crippen molar-refractivity contribution in [2.24, 2.45) is 17.8 Å². The molecule has 29 heavy (non-hydrogen) atoms. The number of hydrogen-bond acceptors (Lipinski definition) is 6. The largest absolute Gasteiger partial charge is 0.359 e. The van der Waals surface area contributed by atoms with E-state index in [-0.39, 0.29) is 22.9 Å². The van der Waals surface area contributed by atoms with Gasteiger partial charge in [0, 0.05) is 10.6 Å². The molecule has 7 nitrogen and oxygen atoms in total. The Morgan fingerprint density at radius 2 is 1.66 bits per heavy atom. The van der Waals surface area contributed by atoms with Crippen LogP contribution in [0, 0.1) is 27.9 Å². The summed E-state index contributed by atoms with van der Waals surface area (Å²) < 4.78 is 0. The van der Waals surface area contributed by atoms with Gasteiger partial charge in [0.1, 0.15) is 6.33 Å². The highest BCUT2D eigenvalue weighted by Crippen LogP contribution is 2.57. The van der Waals surface area contributed by atoms with Gasteiger partial charge in [0.05, 0.1) is 15.6 Å². The Bertz CT molecular complexity index is 948. The molecule has 0 unspecified atom stereocenters. The van der Waals surface area contributed by atoms with Crippen molar-refractivity contribution < 1.29 is 4.92 Å². The van der Waals surface area contributed by atoms with Gasteiger partial charge in [-0.1, -0.05) is 23.2 Å². The van der Waals surface area contributed by atoms with E-state index in [2.05, 4.69) is 20.6 Å². The van der Waals surface area contributed by atoms with E-state index >= 15 is 0 Å². The van der Waals surface area contributed by atoms with E-state index < -0.39 is 4.92 Å². The number of anilines is 3. The maximum absolute atomic E-state index is 11.9. The summed E-state index contributed by atoms with van der Waals surface area (Å²) in [5.41, 5.74) is 0.246. The number of hydrogen-bond donors (Lipinski definition) is 2. The molecule has 0 saturated heterocycles. The number of halogens is 2. The molecule has 1 heterocycles. The molecule has 6 rings (SSSR count). The van der Waals surface area contributed by atoms with Gasteiger partial charge >= 0.3 is 5.69 Å². The lowest BCUT2D eigenvalue weighted by Gasteiger charge is -2.57. The molecule has 2 N–H and O–H groups in total. The summed E-state index contributed by atoms with van der Waals surface area (Å²) in [5, 5.41) is 19.3. The van der Waals surface area contributed by atoms with Crippen LogP contribution in [0.3, 0.4) is 0 Å². The van der Waals surface area contributed by atoms with Crippen molar-refractivity contribution in [2.45, 2.75) is 44.1 Å². The zero-order valence-corrected chi connectivity index (χ0v) is 17.2. The Morgan fingerprint density at radius 3 is 2.24 bits per heavy atom. The van der Waals surface area contributed by atoms with Gasteiger partial charge in [-0.3, -0.25) is 10.1 Å². The van der Waals surface area contributed by atoms with Crippen molar-refractivity contribution in [2.75, 3.05) is 10.6 Å². The third kappa shape index (κ3) is 3.51. The summed E-state index contributed by atoms with van der Waals surface area (Å²) in [6, 6.07) is 4.91. The minimum atomic E-state index is -0.436. The number of nitrogens with one attached hydrogen (secondary N) is 2. The van der Waals surface area contributed by atoms with E-state index in [0.29, 0.717) is 15.7 Å². The third-order valence-electron chi connectivity index (χ3n) is 6.61. The summed E-state index contributed by atoms with van der Waals surface area (Å²) in [4.78, 5) is 19.9. The molecule has 1 aromatic carbocycles. The van der Waals surface area contributed by atoms with Gasteiger partial charge in [-0.2, -0.15) is 0 Å². The molecule has 0 spiro atoms. The van der Waals surface area contributed by atoms with Crippen molar-refractivity contribution in [3.63, 3.8) is 0 Å². The lowest BCUT2D eigenvalue weighted by atomic mass is 9.53. The van der Waals surface area contributed by atoms with Crippen molar-refractivity contribution in [3.05, 3.63) is 44.7 Å². The third-order valence-corrected chi connectivity index (χ3v) is 7.16. The van der Waals surface area contributed by atoms with E-state index in [4.69, 9.17) is 23.2 Å². The molecule has 0 amide bonds. The van der Waals surface area contributed by atoms with Crippen LogP contribution in [0.15, 0.2) is 24.5 Å². The van der Waals surface area contributed by atoms with Gasteiger partial charge in [0.15, 0.2) is 0 Å². The van der Waals surface area contributed by atoms with Gasteiger partial charge in [0.25, 0.3) is 0 Å². The predicted octanol–water partition coefficient (Wildman–Crippen LogP) is 5.82. The fourth-order valence-electron chi connectivity index (χ4n) is 5.97. The average molecular weight is 434 g/mol. The van der Waals surface area contributed by atoms with Crippen LogP contribution in [0.4, 0.5) is 23.0 Å². The van der Waals surface area contributed by atoms with Crippen molar-refractivity contribution in [3.8, 4) is 0 Å². The van der Waals surface area contributed by atoms with Gasteiger partial charge in [-0.05, 0) is 74.5 Å². The molecular weight excluding hydrogens is 413 g/mol. The fourth-order valence-corrected chi connectivity index (χ4v) is 6.42. The standard InChI is InChI=1S/C20H21Cl2N5O2/c21-14-1-2-16(15(22)6-14)25-18-17(27(28)29)19(24-10-23-18)26-20-7-11-3-12(8-20)5-13(4-11)9-20/h1-2,6,10-13H,3-5,7-9H2,(H2,23,24,25,26). The Morgan fingerprint density at radius 1 is 1.03 bits per heavy atom. The second kappa shape index (κ2) is 6.99. The van der Waals surface area contributed by atoms with Gasteiger partial charge in [-0.25, -0.2) is 9.97 Å². The summed E-state index contributed by atoms with van der Waals surface area (Å²) in [6.45, 7) is 0. The minimum absolute atomic E-state index is 0.0942. The zero-order chi connectivity index (χ0) is 20.2. The highest BCUT2D eigenvalue weighted by atomic mass is 35.5.